The van der Waals surface area contributed by atoms with Crippen molar-refractivity contribution in [1.29, 1.82) is 0 Å². The molecule has 0 unspecified atom stereocenters. The van der Waals surface area contributed by atoms with Gasteiger partial charge in [0, 0.05) is 5.69 Å². The van der Waals surface area contributed by atoms with Crippen LogP contribution in [0.3, 0.4) is 0 Å². The number of anilines is 3. The number of aryl methyl sites for hydroxylation is 1. The highest BCUT2D eigenvalue weighted by molar-refractivity contribution is 6.00. The third kappa shape index (κ3) is 3.61. The summed E-state index contributed by atoms with van der Waals surface area (Å²) in [6.07, 6.45) is 0. The van der Waals surface area contributed by atoms with Gasteiger partial charge in [-0.2, -0.15) is 4.98 Å². The molecule has 2 amide bonds. The van der Waals surface area contributed by atoms with E-state index in [0.717, 1.165) is 5.39 Å². The second kappa shape index (κ2) is 6.65. The van der Waals surface area contributed by atoms with Gasteiger partial charge in [0.15, 0.2) is 11.6 Å². The van der Waals surface area contributed by atoms with E-state index in [1.54, 1.807) is 29.7 Å². The van der Waals surface area contributed by atoms with Crippen LogP contribution in [-0.4, -0.2) is 21.2 Å². The van der Waals surface area contributed by atoms with E-state index in [9.17, 15) is 13.6 Å². The Morgan fingerprint density at radius 1 is 1.04 bits per heavy atom. The maximum Gasteiger partial charge on any atom is 0.326 e. The molecule has 128 valence electrons. The minimum absolute atomic E-state index is 0.0527. The number of nitrogens with one attached hydrogen (secondary N) is 3. The van der Waals surface area contributed by atoms with Gasteiger partial charge in [0.25, 0.3) is 0 Å². The standard InChI is InChI=1S/C16H13F2N5O2/c1-8-13(18)14(23-25)21-15(19-8)22-16(24)20-12-5-3-9-2-4-11(17)6-10(9)7-12/h2-7,25H,1H3,(H3,19,20,21,22,23,24). The Labute approximate surface area is 140 Å². The van der Waals surface area contributed by atoms with Gasteiger partial charge in [-0.05, 0) is 42.0 Å². The zero-order chi connectivity index (χ0) is 18.0. The van der Waals surface area contributed by atoms with E-state index in [0.29, 0.717) is 11.1 Å². The lowest BCUT2D eigenvalue weighted by Gasteiger charge is -2.09. The maximum atomic E-state index is 13.5. The predicted molar refractivity (Wildman–Crippen MR) is 88.7 cm³/mol. The third-order valence-electron chi connectivity index (χ3n) is 3.41. The molecule has 0 saturated carbocycles. The molecule has 1 aromatic heterocycles. The zero-order valence-electron chi connectivity index (χ0n) is 13.0. The lowest BCUT2D eigenvalue weighted by molar-refractivity contribution is 0.262. The van der Waals surface area contributed by atoms with Crippen LogP contribution in [-0.2, 0) is 0 Å². The van der Waals surface area contributed by atoms with Crippen molar-refractivity contribution in [3.8, 4) is 0 Å². The number of fused-ring (bicyclic) bond motifs is 1. The number of urea groups is 1. The highest BCUT2D eigenvalue weighted by Crippen LogP contribution is 2.21. The molecule has 3 rings (SSSR count). The molecule has 7 nitrogen and oxygen atoms in total. The van der Waals surface area contributed by atoms with Crippen LogP contribution < -0.4 is 16.1 Å². The lowest BCUT2D eigenvalue weighted by atomic mass is 10.1. The van der Waals surface area contributed by atoms with Crippen molar-refractivity contribution in [2.45, 2.75) is 6.92 Å². The van der Waals surface area contributed by atoms with Crippen LogP contribution in [0.25, 0.3) is 10.8 Å². The summed E-state index contributed by atoms with van der Waals surface area (Å²) in [6, 6.07) is 8.65. The fourth-order valence-corrected chi connectivity index (χ4v) is 2.25. The summed E-state index contributed by atoms with van der Waals surface area (Å²) in [5, 5.41) is 15.1. The Kier molecular flexibility index (Phi) is 4.40. The van der Waals surface area contributed by atoms with Crippen molar-refractivity contribution in [2.75, 3.05) is 16.1 Å². The van der Waals surface area contributed by atoms with Gasteiger partial charge in [0.1, 0.15) is 5.82 Å². The van der Waals surface area contributed by atoms with Gasteiger partial charge in [0.05, 0.1) is 5.69 Å². The minimum atomic E-state index is -0.829. The number of carbonyl (C=O) groups excluding carboxylic acids is 1. The fraction of sp³-hybridized carbons (Fsp3) is 0.0625. The molecule has 4 N–H and O–H groups in total. The summed E-state index contributed by atoms with van der Waals surface area (Å²) < 4.78 is 26.8. The largest absolute Gasteiger partial charge is 0.326 e. The van der Waals surface area contributed by atoms with Crippen molar-refractivity contribution in [3.63, 3.8) is 0 Å². The van der Waals surface area contributed by atoms with Crippen LogP contribution in [0, 0.1) is 18.6 Å². The Hall–Kier alpha value is -3.33. The van der Waals surface area contributed by atoms with Crippen LogP contribution in [0.5, 0.6) is 0 Å². The number of carbonyl (C=O) groups is 1. The summed E-state index contributed by atoms with van der Waals surface area (Å²) in [6.45, 7) is 1.36. The molecule has 0 aliphatic rings. The Bertz CT molecular complexity index is 965. The summed E-state index contributed by atoms with van der Waals surface area (Å²) in [4.78, 5) is 19.4. The fourth-order valence-electron chi connectivity index (χ4n) is 2.25. The van der Waals surface area contributed by atoms with Crippen LogP contribution >= 0.6 is 0 Å². The van der Waals surface area contributed by atoms with Crippen LogP contribution in [0.1, 0.15) is 5.69 Å². The monoisotopic (exact) mass is 345 g/mol. The molecule has 0 fully saturated rings. The van der Waals surface area contributed by atoms with Crippen LogP contribution in [0.4, 0.5) is 31.0 Å². The van der Waals surface area contributed by atoms with E-state index in [1.165, 1.54) is 19.1 Å². The molecule has 0 atom stereocenters. The molecule has 2 aromatic carbocycles. The molecule has 0 saturated heterocycles. The molecular weight excluding hydrogens is 332 g/mol. The van der Waals surface area contributed by atoms with E-state index in [-0.39, 0.29) is 17.5 Å². The second-order valence-corrected chi connectivity index (χ2v) is 5.19. The SMILES string of the molecule is Cc1nc(NC(=O)Nc2ccc3ccc(F)cc3c2)nc(NO)c1F. The average Bonchev–Trinajstić information content (AvgIpc) is 2.57. The van der Waals surface area contributed by atoms with Gasteiger partial charge in [0.2, 0.25) is 5.95 Å². The Balaban J connectivity index is 1.77. The van der Waals surface area contributed by atoms with Crippen molar-refractivity contribution in [2.24, 2.45) is 0 Å². The Morgan fingerprint density at radius 2 is 1.80 bits per heavy atom. The van der Waals surface area contributed by atoms with E-state index < -0.39 is 17.7 Å². The number of amides is 2. The van der Waals surface area contributed by atoms with Crippen molar-refractivity contribution in [1.82, 2.24) is 9.97 Å². The molecule has 0 bridgehead atoms. The van der Waals surface area contributed by atoms with Gasteiger partial charge < -0.3 is 5.32 Å². The minimum Gasteiger partial charge on any atom is -0.308 e. The highest BCUT2D eigenvalue weighted by atomic mass is 19.1. The highest BCUT2D eigenvalue weighted by Gasteiger charge is 2.13. The number of hydrogen-bond donors (Lipinski definition) is 4. The smallest absolute Gasteiger partial charge is 0.308 e. The number of benzene rings is 2. The van der Waals surface area contributed by atoms with Gasteiger partial charge >= 0.3 is 6.03 Å². The summed E-state index contributed by atoms with van der Waals surface area (Å²) in [7, 11) is 0. The molecule has 0 aliphatic heterocycles. The van der Waals surface area contributed by atoms with Crippen molar-refractivity contribution >= 4 is 34.3 Å². The van der Waals surface area contributed by atoms with Crippen molar-refractivity contribution < 1.29 is 18.8 Å². The van der Waals surface area contributed by atoms with E-state index in [2.05, 4.69) is 20.6 Å². The second-order valence-electron chi connectivity index (χ2n) is 5.19. The molecule has 1 heterocycles. The number of rotatable bonds is 3. The van der Waals surface area contributed by atoms with Gasteiger partial charge in [-0.15, -0.1) is 0 Å². The lowest BCUT2D eigenvalue weighted by Crippen LogP contribution is -2.21. The molecule has 0 aliphatic carbocycles. The molecule has 9 heteroatoms. The Morgan fingerprint density at radius 3 is 2.56 bits per heavy atom. The van der Waals surface area contributed by atoms with Gasteiger partial charge in [-0.3, -0.25) is 10.5 Å². The van der Waals surface area contributed by atoms with Crippen molar-refractivity contribution in [3.05, 3.63) is 53.7 Å². The average molecular weight is 345 g/mol. The van der Waals surface area contributed by atoms with E-state index in [1.807, 2.05) is 0 Å². The first-order valence-electron chi connectivity index (χ1n) is 7.18. The first-order valence-corrected chi connectivity index (χ1v) is 7.18. The van der Waals surface area contributed by atoms with Gasteiger partial charge in [-0.25, -0.2) is 24.0 Å². The number of halogens is 2. The topological polar surface area (TPSA) is 99.2 Å². The quantitative estimate of drug-likeness (QED) is 0.543. The molecule has 3 aromatic rings. The summed E-state index contributed by atoms with van der Waals surface area (Å²) in [5.74, 6) is -1.86. The number of hydrogen-bond acceptors (Lipinski definition) is 5. The maximum absolute atomic E-state index is 13.5. The summed E-state index contributed by atoms with van der Waals surface area (Å²) in [5.41, 5.74) is 1.96. The number of nitrogens with zero attached hydrogens (tertiary/aromatic N) is 2. The van der Waals surface area contributed by atoms with E-state index in [4.69, 9.17) is 5.21 Å². The van der Waals surface area contributed by atoms with Crippen LogP contribution in [0.2, 0.25) is 0 Å². The van der Waals surface area contributed by atoms with Gasteiger partial charge in [-0.1, -0.05) is 12.1 Å². The van der Waals surface area contributed by atoms with E-state index >= 15 is 0 Å². The van der Waals surface area contributed by atoms with Crippen LogP contribution in [0.15, 0.2) is 36.4 Å². The first-order chi connectivity index (χ1) is 12.0. The molecule has 25 heavy (non-hydrogen) atoms. The normalized spacial score (nSPS) is 10.6. The molecule has 0 spiro atoms. The zero-order valence-corrected chi connectivity index (χ0v) is 13.0. The summed E-state index contributed by atoms with van der Waals surface area (Å²) >= 11 is 0. The molecular formula is C16H13F2N5O2. The third-order valence-corrected chi connectivity index (χ3v) is 3.41. The predicted octanol–water partition coefficient (Wildman–Crippen LogP) is 3.66. The number of aromatic nitrogens is 2. The molecule has 0 radical (unpaired) electrons. The first kappa shape index (κ1) is 16.5.